The third kappa shape index (κ3) is 2.04. The fourth-order valence-electron chi connectivity index (χ4n) is 2.28. The maximum Gasteiger partial charge on any atom is 0.234 e. The van der Waals surface area contributed by atoms with Gasteiger partial charge >= 0.3 is 0 Å². The highest BCUT2D eigenvalue weighted by Gasteiger charge is 2.27. The van der Waals surface area contributed by atoms with Gasteiger partial charge in [0.25, 0.3) is 0 Å². The standard InChI is InChI=1S/C14H14N4O2S/c1-8(2)12-15-16-14-18(12)17-13(21-14)11-7-19-9-5-3-4-6-10(9)20-11/h3-6,8,11H,7H2,1-2H3. The first kappa shape index (κ1) is 12.6. The highest BCUT2D eigenvalue weighted by molar-refractivity contribution is 7.16. The molecule has 1 aromatic carbocycles. The molecule has 0 radical (unpaired) electrons. The van der Waals surface area contributed by atoms with E-state index in [4.69, 9.17) is 9.47 Å². The summed E-state index contributed by atoms with van der Waals surface area (Å²) >= 11 is 1.49. The molecule has 3 heterocycles. The molecule has 0 fully saturated rings. The van der Waals surface area contributed by atoms with Crippen molar-refractivity contribution >= 4 is 16.3 Å². The Balaban J connectivity index is 1.68. The number of ether oxygens (including phenoxy) is 2. The second-order valence-electron chi connectivity index (χ2n) is 5.21. The predicted octanol–water partition coefficient (Wildman–Crippen LogP) is 2.82. The molecule has 108 valence electrons. The average molecular weight is 302 g/mol. The smallest absolute Gasteiger partial charge is 0.234 e. The molecule has 7 heteroatoms. The van der Waals surface area contributed by atoms with E-state index in [-0.39, 0.29) is 12.0 Å². The summed E-state index contributed by atoms with van der Waals surface area (Å²) in [5.74, 6) is 2.67. The molecule has 0 N–H and O–H groups in total. The molecule has 4 rings (SSSR count). The molecule has 0 bridgehead atoms. The van der Waals surface area contributed by atoms with Gasteiger partial charge in [0.1, 0.15) is 6.61 Å². The lowest BCUT2D eigenvalue weighted by Gasteiger charge is -2.24. The Labute approximate surface area is 125 Å². The molecular weight excluding hydrogens is 288 g/mol. The van der Waals surface area contributed by atoms with Gasteiger partial charge in [0, 0.05) is 5.92 Å². The Kier molecular flexibility index (Phi) is 2.81. The van der Waals surface area contributed by atoms with Gasteiger partial charge in [-0.25, -0.2) is 0 Å². The van der Waals surface area contributed by atoms with Crippen molar-refractivity contribution < 1.29 is 9.47 Å². The van der Waals surface area contributed by atoms with Crippen molar-refractivity contribution in [2.24, 2.45) is 0 Å². The zero-order chi connectivity index (χ0) is 14.4. The second-order valence-corrected chi connectivity index (χ2v) is 6.20. The summed E-state index contributed by atoms with van der Waals surface area (Å²) in [7, 11) is 0. The van der Waals surface area contributed by atoms with Crippen molar-refractivity contribution in [1.82, 2.24) is 19.8 Å². The molecule has 1 aliphatic heterocycles. The van der Waals surface area contributed by atoms with Crippen LogP contribution in [0.1, 0.15) is 36.7 Å². The van der Waals surface area contributed by atoms with Crippen LogP contribution in [0.4, 0.5) is 0 Å². The molecule has 0 amide bonds. The van der Waals surface area contributed by atoms with E-state index in [0.29, 0.717) is 6.61 Å². The van der Waals surface area contributed by atoms with Gasteiger partial charge in [-0.2, -0.15) is 9.61 Å². The molecule has 3 aromatic rings. The number of fused-ring (bicyclic) bond motifs is 2. The number of hydrogen-bond acceptors (Lipinski definition) is 6. The van der Waals surface area contributed by atoms with Crippen LogP contribution in [0, 0.1) is 0 Å². The van der Waals surface area contributed by atoms with Gasteiger partial charge in [-0.15, -0.1) is 10.2 Å². The van der Waals surface area contributed by atoms with E-state index in [1.807, 2.05) is 24.3 Å². The van der Waals surface area contributed by atoms with Crippen LogP contribution in [-0.2, 0) is 0 Å². The molecule has 0 spiro atoms. The zero-order valence-electron chi connectivity index (χ0n) is 11.7. The number of benzene rings is 1. The van der Waals surface area contributed by atoms with Crippen LogP contribution in [0.15, 0.2) is 24.3 Å². The molecule has 1 atom stereocenters. The normalized spacial score (nSPS) is 17.6. The van der Waals surface area contributed by atoms with E-state index < -0.39 is 0 Å². The third-order valence-electron chi connectivity index (χ3n) is 3.33. The lowest BCUT2D eigenvalue weighted by Crippen LogP contribution is -2.21. The summed E-state index contributed by atoms with van der Waals surface area (Å²) in [6.07, 6.45) is -0.202. The molecule has 21 heavy (non-hydrogen) atoms. The maximum atomic E-state index is 5.98. The van der Waals surface area contributed by atoms with Crippen molar-refractivity contribution in [2.75, 3.05) is 6.61 Å². The summed E-state index contributed by atoms with van der Waals surface area (Å²) in [4.78, 5) is 0.788. The summed E-state index contributed by atoms with van der Waals surface area (Å²) < 4.78 is 13.5. The summed E-state index contributed by atoms with van der Waals surface area (Å²) in [6, 6.07) is 7.67. The van der Waals surface area contributed by atoms with Crippen molar-refractivity contribution in [3.8, 4) is 11.5 Å². The second kappa shape index (κ2) is 4.70. The minimum atomic E-state index is -0.202. The first-order valence-electron chi connectivity index (χ1n) is 6.83. The van der Waals surface area contributed by atoms with Crippen LogP contribution in [0.5, 0.6) is 11.5 Å². The number of hydrogen-bond donors (Lipinski definition) is 0. The highest BCUT2D eigenvalue weighted by Crippen LogP contribution is 2.37. The lowest BCUT2D eigenvalue weighted by molar-refractivity contribution is 0.0904. The summed E-state index contributed by atoms with van der Waals surface area (Å²) in [5, 5.41) is 13.8. The number of para-hydroxylation sites is 2. The van der Waals surface area contributed by atoms with Gasteiger partial charge in [-0.05, 0) is 12.1 Å². The van der Waals surface area contributed by atoms with Gasteiger partial charge in [0.05, 0.1) is 0 Å². The van der Waals surface area contributed by atoms with Gasteiger partial charge in [0.15, 0.2) is 28.4 Å². The van der Waals surface area contributed by atoms with Gasteiger partial charge in [-0.3, -0.25) is 0 Å². The zero-order valence-corrected chi connectivity index (χ0v) is 12.5. The SMILES string of the molecule is CC(C)c1nnc2sc(C3COc4ccccc4O3)nn12. The van der Waals surface area contributed by atoms with E-state index in [1.54, 1.807) is 4.52 Å². The molecule has 0 saturated heterocycles. The molecule has 6 nitrogen and oxygen atoms in total. The van der Waals surface area contributed by atoms with Crippen LogP contribution in [0.25, 0.3) is 4.96 Å². The van der Waals surface area contributed by atoms with Gasteiger partial charge in [0.2, 0.25) is 4.96 Å². The van der Waals surface area contributed by atoms with E-state index in [2.05, 4.69) is 29.1 Å². The van der Waals surface area contributed by atoms with E-state index >= 15 is 0 Å². The van der Waals surface area contributed by atoms with Crippen LogP contribution in [0.2, 0.25) is 0 Å². The molecule has 1 aliphatic rings. The Morgan fingerprint density at radius 2 is 2.05 bits per heavy atom. The molecule has 0 saturated carbocycles. The van der Waals surface area contributed by atoms with Crippen LogP contribution in [0.3, 0.4) is 0 Å². The van der Waals surface area contributed by atoms with Gasteiger partial charge < -0.3 is 9.47 Å². The van der Waals surface area contributed by atoms with Gasteiger partial charge in [-0.1, -0.05) is 37.3 Å². The average Bonchev–Trinajstić information content (AvgIpc) is 3.06. The van der Waals surface area contributed by atoms with E-state index in [9.17, 15) is 0 Å². The summed E-state index contributed by atoms with van der Waals surface area (Å²) in [5.41, 5.74) is 0. The lowest BCUT2D eigenvalue weighted by atomic mass is 10.2. The predicted molar refractivity (Wildman–Crippen MR) is 78.1 cm³/mol. The largest absolute Gasteiger partial charge is 0.485 e. The number of nitrogens with zero attached hydrogens (tertiary/aromatic N) is 4. The van der Waals surface area contributed by atoms with Crippen LogP contribution < -0.4 is 9.47 Å². The molecular formula is C14H14N4O2S. The Morgan fingerprint density at radius 1 is 1.24 bits per heavy atom. The topological polar surface area (TPSA) is 61.5 Å². The molecule has 0 aliphatic carbocycles. The minimum absolute atomic E-state index is 0.202. The Bertz CT molecular complexity index is 795. The minimum Gasteiger partial charge on any atom is -0.485 e. The van der Waals surface area contributed by atoms with Crippen LogP contribution >= 0.6 is 11.3 Å². The van der Waals surface area contributed by atoms with E-state index in [0.717, 1.165) is 27.3 Å². The van der Waals surface area contributed by atoms with Crippen molar-refractivity contribution in [2.45, 2.75) is 25.9 Å². The monoisotopic (exact) mass is 302 g/mol. The first-order valence-corrected chi connectivity index (χ1v) is 7.64. The Hall–Kier alpha value is -2.15. The number of aromatic nitrogens is 4. The Morgan fingerprint density at radius 3 is 2.86 bits per heavy atom. The fourth-order valence-corrected chi connectivity index (χ4v) is 3.14. The molecule has 1 unspecified atom stereocenters. The molecule has 2 aromatic heterocycles. The quantitative estimate of drug-likeness (QED) is 0.728. The first-order chi connectivity index (χ1) is 10.2. The maximum absolute atomic E-state index is 5.98. The van der Waals surface area contributed by atoms with Crippen LogP contribution in [-0.4, -0.2) is 26.4 Å². The third-order valence-corrected chi connectivity index (χ3v) is 4.32. The van der Waals surface area contributed by atoms with Crippen molar-refractivity contribution in [3.63, 3.8) is 0 Å². The highest BCUT2D eigenvalue weighted by atomic mass is 32.1. The fraction of sp³-hybridized carbons (Fsp3) is 0.357. The van der Waals surface area contributed by atoms with Crippen molar-refractivity contribution in [1.29, 1.82) is 0 Å². The van der Waals surface area contributed by atoms with E-state index in [1.165, 1.54) is 11.3 Å². The van der Waals surface area contributed by atoms with Crippen molar-refractivity contribution in [3.05, 3.63) is 35.1 Å². The summed E-state index contributed by atoms with van der Waals surface area (Å²) in [6.45, 7) is 4.61. The number of rotatable bonds is 2.